The highest BCUT2D eigenvalue weighted by molar-refractivity contribution is 6.30. The molecule has 0 unspecified atom stereocenters. The molecule has 0 atom stereocenters. The van der Waals surface area contributed by atoms with Gasteiger partial charge in [-0.05, 0) is 42.3 Å². The molecule has 0 aliphatic carbocycles. The molecule has 114 valence electrons. The number of hydrogen-bond donors (Lipinski definition) is 2. The van der Waals surface area contributed by atoms with Gasteiger partial charge < -0.3 is 10.3 Å². The number of aryl methyl sites for hydroxylation is 1. The van der Waals surface area contributed by atoms with E-state index in [0.717, 1.165) is 16.7 Å². The van der Waals surface area contributed by atoms with Crippen LogP contribution in [0, 0.1) is 0 Å². The van der Waals surface area contributed by atoms with Crippen molar-refractivity contribution < 1.29 is 15.1 Å². The summed E-state index contributed by atoms with van der Waals surface area (Å²) >= 11 is 5.53. The molecule has 6 heteroatoms. The molecule has 1 aromatic rings. The molecule has 0 bridgehead atoms. The van der Waals surface area contributed by atoms with Crippen LogP contribution in [-0.4, -0.2) is 26.0 Å². The van der Waals surface area contributed by atoms with Crippen LogP contribution in [0.15, 0.2) is 48.8 Å². The van der Waals surface area contributed by atoms with Gasteiger partial charge in [-0.3, -0.25) is 0 Å². The van der Waals surface area contributed by atoms with Gasteiger partial charge in [-0.2, -0.15) is 4.73 Å². The van der Waals surface area contributed by atoms with Gasteiger partial charge in [0.25, 0.3) is 0 Å². The number of benzene rings is 1. The third kappa shape index (κ3) is 3.56. The highest BCUT2D eigenvalue weighted by Crippen LogP contribution is 2.23. The van der Waals surface area contributed by atoms with E-state index in [1.807, 2.05) is 12.1 Å². The molecule has 0 saturated heterocycles. The summed E-state index contributed by atoms with van der Waals surface area (Å²) in [6.45, 7) is 2.07. The predicted octanol–water partition coefficient (Wildman–Crippen LogP) is 3.83. The molecule has 0 aromatic heterocycles. The molecule has 0 spiro atoms. The minimum Gasteiger partial charge on any atom is -0.478 e. The number of nitrogens with zero attached hydrogens (tertiary/aromatic N) is 2. The number of rotatable bonds is 2. The summed E-state index contributed by atoms with van der Waals surface area (Å²) in [5, 5.41) is 18.2. The molecule has 3 rings (SSSR count). The summed E-state index contributed by atoms with van der Waals surface area (Å²) in [5.74, 6) is -0.322. The van der Waals surface area contributed by atoms with Crippen molar-refractivity contribution in [2.24, 2.45) is 0 Å². The Balaban J connectivity index is 0.000000164. The maximum Gasteiger partial charge on any atom is 0.335 e. The maximum absolute atomic E-state index is 10.3. The Bertz CT molecular complexity index is 755. The van der Waals surface area contributed by atoms with Crippen LogP contribution in [0.5, 0.6) is 0 Å². The van der Waals surface area contributed by atoms with Crippen molar-refractivity contribution >= 4 is 17.6 Å². The van der Waals surface area contributed by atoms with E-state index >= 15 is 0 Å². The predicted molar refractivity (Wildman–Crippen MR) is 83.8 cm³/mol. The molecular weight excluding hydrogens is 304 g/mol. The van der Waals surface area contributed by atoms with Crippen LogP contribution in [0.4, 0.5) is 0 Å². The fourth-order valence-corrected chi connectivity index (χ4v) is 2.17. The van der Waals surface area contributed by atoms with Crippen LogP contribution in [-0.2, 0) is 6.42 Å². The van der Waals surface area contributed by atoms with Crippen molar-refractivity contribution in [2.45, 2.75) is 13.3 Å². The summed E-state index contributed by atoms with van der Waals surface area (Å²) in [5.41, 5.74) is 2.42. The van der Waals surface area contributed by atoms with E-state index in [2.05, 4.69) is 11.9 Å². The first-order chi connectivity index (χ1) is 10.5. The average Bonchev–Trinajstić information content (AvgIpc) is 2.92. The van der Waals surface area contributed by atoms with Gasteiger partial charge >= 0.3 is 5.97 Å². The Hall–Kier alpha value is -2.53. The van der Waals surface area contributed by atoms with Crippen molar-refractivity contribution in [3.8, 4) is 11.4 Å². The fourth-order valence-electron chi connectivity index (χ4n) is 1.98. The topological polar surface area (TPSA) is 75.3 Å². The summed E-state index contributed by atoms with van der Waals surface area (Å²) in [4.78, 5) is 14.4. The van der Waals surface area contributed by atoms with E-state index in [4.69, 9.17) is 16.7 Å². The average molecular weight is 319 g/mol. The van der Waals surface area contributed by atoms with E-state index < -0.39 is 5.97 Å². The second-order valence-corrected chi connectivity index (χ2v) is 4.98. The van der Waals surface area contributed by atoms with Gasteiger partial charge in [-0.25, -0.2) is 9.78 Å². The number of aromatic nitrogens is 2. The normalized spacial score (nSPS) is 10.1. The summed E-state index contributed by atoms with van der Waals surface area (Å²) in [6.07, 6.45) is 4.33. The molecule has 0 fully saturated rings. The standard InChI is InChI=1S/C9H10N2O.C7H5ClO2/c1-2-7-6-10-9-8(7)4-3-5-11(9)12;8-6-3-1-2-5(4-6)7(9)10/h3-6,12H,2H2,1H3;1-4H,(H,9,10). The highest BCUT2D eigenvalue weighted by Gasteiger charge is 2.11. The van der Waals surface area contributed by atoms with Crippen LogP contribution < -0.4 is 0 Å². The van der Waals surface area contributed by atoms with Crippen LogP contribution in [0.2, 0.25) is 5.02 Å². The van der Waals surface area contributed by atoms with Gasteiger partial charge in [-0.1, -0.05) is 24.6 Å². The smallest absolute Gasteiger partial charge is 0.335 e. The molecule has 0 radical (unpaired) electrons. The second-order valence-electron chi connectivity index (χ2n) is 4.54. The lowest BCUT2D eigenvalue weighted by atomic mass is 10.1. The Kier molecular flexibility index (Phi) is 5.01. The molecule has 0 saturated carbocycles. The molecule has 2 heterocycles. The first-order valence-corrected chi connectivity index (χ1v) is 7.03. The lowest BCUT2D eigenvalue weighted by molar-refractivity contribution is 0.0697. The van der Waals surface area contributed by atoms with Crippen molar-refractivity contribution in [3.05, 3.63) is 64.9 Å². The molecular formula is C16H15ClN2O3. The van der Waals surface area contributed by atoms with Gasteiger partial charge in [-0.15, -0.1) is 0 Å². The molecule has 2 aliphatic heterocycles. The largest absolute Gasteiger partial charge is 0.478 e. The number of aromatic carboxylic acids is 1. The zero-order chi connectivity index (χ0) is 16.1. The Morgan fingerprint density at radius 1 is 1.32 bits per heavy atom. The lowest BCUT2D eigenvalue weighted by Gasteiger charge is -2.03. The third-order valence-corrected chi connectivity index (χ3v) is 3.32. The summed E-state index contributed by atoms with van der Waals surface area (Å²) < 4.78 is 1.05. The lowest BCUT2D eigenvalue weighted by Crippen LogP contribution is -1.97. The minimum absolute atomic E-state index is 0.215. The van der Waals surface area contributed by atoms with Crippen LogP contribution in [0.3, 0.4) is 0 Å². The first-order valence-electron chi connectivity index (χ1n) is 6.66. The molecule has 1 aromatic carbocycles. The number of fused-ring (bicyclic) bond motifs is 1. The van der Waals surface area contributed by atoms with Crippen LogP contribution in [0.25, 0.3) is 11.4 Å². The van der Waals surface area contributed by atoms with Crippen molar-refractivity contribution in [3.63, 3.8) is 0 Å². The van der Waals surface area contributed by atoms with E-state index in [9.17, 15) is 10.0 Å². The van der Waals surface area contributed by atoms with Crippen molar-refractivity contribution in [2.75, 3.05) is 0 Å². The zero-order valence-corrected chi connectivity index (χ0v) is 12.7. The zero-order valence-electron chi connectivity index (χ0n) is 11.9. The number of carboxylic acids is 1. The number of halogens is 1. The molecule has 5 nitrogen and oxygen atoms in total. The van der Waals surface area contributed by atoms with E-state index in [1.165, 1.54) is 17.7 Å². The van der Waals surface area contributed by atoms with E-state index in [1.54, 1.807) is 24.5 Å². The van der Waals surface area contributed by atoms with Gasteiger partial charge in [0, 0.05) is 23.0 Å². The second kappa shape index (κ2) is 6.95. The van der Waals surface area contributed by atoms with Gasteiger partial charge in [0.05, 0.1) is 5.56 Å². The van der Waals surface area contributed by atoms with Crippen molar-refractivity contribution in [1.29, 1.82) is 0 Å². The molecule has 2 N–H and O–H groups in total. The number of pyridine rings is 1. The number of carboxylic acid groups (broad SMARTS) is 1. The van der Waals surface area contributed by atoms with Crippen LogP contribution in [0.1, 0.15) is 22.8 Å². The van der Waals surface area contributed by atoms with Gasteiger partial charge in [0.15, 0.2) is 5.82 Å². The van der Waals surface area contributed by atoms with E-state index in [0.29, 0.717) is 10.8 Å². The first kappa shape index (κ1) is 15.9. The van der Waals surface area contributed by atoms with Gasteiger partial charge in [0.2, 0.25) is 0 Å². The summed E-state index contributed by atoms with van der Waals surface area (Å²) in [6, 6.07) is 9.91. The Morgan fingerprint density at radius 3 is 2.68 bits per heavy atom. The quantitative estimate of drug-likeness (QED) is 0.704. The fraction of sp³-hybridized carbons (Fsp3) is 0.125. The van der Waals surface area contributed by atoms with Crippen LogP contribution >= 0.6 is 11.6 Å². The molecule has 22 heavy (non-hydrogen) atoms. The number of carbonyl (C=O) groups is 1. The number of hydrogen-bond acceptors (Lipinski definition) is 3. The minimum atomic E-state index is -0.956. The van der Waals surface area contributed by atoms with Gasteiger partial charge in [0.1, 0.15) is 0 Å². The summed E-state index contributed by atoms with van der Waals surface area (Å²) in [7, 11) is 0. The monoisotopic (exact) mass is 318 g/mol. The SMILES string of the molecule is CCc1cnc2n(O)cccc1-2.O=C(O)c1cccc(Cl)c1. The maximum atomic E-state index is 10.3. The third-order valence-electron chi connectivity index (χ3n) is 3.09. The highest BCUT2D eigenvalue weighted by atomic mass is 35.5. The molecule has 2 aliphatic rings. The Labute approximate surface area is 132 Å². The van der Waals surface area contributed by atoms with Crippen molar-refractivity contribution in [1.82, 2.24) is 9.71 Å². The molecule has 0 amide bonds. The van der Waals surface area contributed by atoms with E-state index in [-0.39, 0.29) is 5.56 Å². The Morgan fingerprint density at radius 2 is 2.09 bits per heavy atom.